The number of aromatic nitrogens is 2. The number of nitrogens with zero attached hydrogens (tertiary/aromatic N) is 2. The molecule has 2 aromatic heterocycles. The summed E-state index contributed by atoms with van der Waals surface area (Å²) in [5.41, 5.74) is 2.61. The van der Waals surface area contributed by atoms with Gasteiger partial charge in [0.25, 0.3) is 5.91 Å². The summed E-state index contributed by atoms with van der Waals surface area (Å²) in [7, 11) is 0. The minimum Gasteiger partial charge on any atom is -0.369 e. The van der Waals surface area contributed by atoms with E-state index in [1.807, 2.05) is 36.4 Å². The van der Waals surface area contributed by atoms with Gasteiger partial charge in [0.2, 0.25) is 0 Å². The number of alkyl halides is 3. The summed E-state index contributed by atoms with van der Waals surface area (Å²) in [5.74, 6) is 0.0459. The first kappa shape index (κ1) is 23.9. The van der Waals surface area contributed by atoms with Gasteiger partial charge in [0, 0.05) is 31.0 Å². The molecule has 0 unspecified atom stereocenters. The van der Waals surface area contributed by atoms with Crippen LogP contribution in [0.15, 0.2) is 91.3 Å². The van der Waals surface area contributed by atoms with Crippen molar-refractivity contribution < 1.29 is 18.0 Å². The van der Waals surface area contributed by atoms with E-state index in [0.717, 1.165) is 23.3 Å². The summed E-state index contributed by atoms with van der Waals surface area (Å²) in [4.78, 5) is 21.6. The Morgan fingerprint density at radius 3 is 2.43 bits per heavy atom. The van der Waals surface area contributed by atoms with Gasteiger partial charge in [-0.2, -0.15) is 13.2 Å². The Labute approximate surface area is 201 Å². The number of hydrogen-bond donors (Lipinski definition) is 2. The average Bonchev–Trinajstić information content (AvgIpc) is 2.88. The Balaban J connectivity index is 1.52. The molecular formula is C27H23F3N4O. The van der Waals surface area contributed by atoms with Gasteiger partial charge in [-0.1, -0.05) is 54.6 Å². The van der Waals surface area contributed by atoms with Gasteiger partial charge in [0.1, 0.15) is 5.82 Å². The van der Waals surface area contributed by atoms with Crippen molar-refractivity contribution in [3.63, 3.8) is 0 Å². The Bertz CT molecular complexity index is 1280. The van der Waals surface area contributed by atoms with Crippen LogP contribution in [0.4, 0.5) is 19.0 Å². The first-order chi connectivity index (χ1) is 16.9. The van der Waals surface area contributed by atoms with E-state index in [9.17, 15) is 18.0 Å². The lowest BCUT2D eigenvalue weighted by Gasteiger charge is -2.14. The molecule has 0 aliphatic heterocycles. The third kappa shape index (κ3) is 6.44. The van der Waals surface area contributed by atoms with Gasteiger partial charge in [-0.25, -0.2) is 4.98 Å². The quantitative estimate of drug-likeness (QED) is 0.340. The van der Waals surface area contributed by atoms with Crippen LogP contribution < -0.4 is 10.6 Å². The zero-order valence-electron chi connectivity index (χ0n) is 18.7. The van der Waals surface area contributed by atoms with Crippen molar-refractivity contribution in [1.29, 1.82) is 0 Å². The highest BCUT2D eigenvalue weighted by atomic mass is 19.4. The third-order valence-electron chi connectivity index (χ3n) is 5.35. The average molecular weight is 477 g/mol. The highest BCUT2D eigenvalue weighted by Gasteiger charge is 2.30. The Hall–Kier alpha value is -4.20. The van der Waals surface area contributed by atoms with Crippen molar-refractivity contribution in [2.75, 3.05) is 11.9 Å². The number of benzene rings is 2. The van der Waals surface area contributed by atoms with E-state index in [1.165, 1.54) is 6.07 Å². The molecule has 4 aromatic rings. The van der Waals surface area contributed by atoms with Gasteiger partial charge in [-0.15, -0.1) is 0 Å². The van der Waals surface area contributed by atoms with Crippen molar-refractivity contribution in [2.45, 2.75) is 19.1 Å². The molecule has 2 aromatic carbocycles. The van der Waals surface area contributed by atoms with Crippen LogP contribution in [-0.4, -0.2) is 22.4 Å². The SMILES string of the molecule is O=C(NCc1cccnc1)c1ccc(-c2ccccc2)nc1NCCc1cccc(C(F)(F)F)c1. The minimum absolute atomic E-state index is 0.301. The maximum atomic E-state index is 13.0. The Kier molecular flexibility index (Phi) is 7.40. The summed E-state index contributed by atoms with van der Waals surface area (Å²) in [6.45, 7) is 0.603. The lowest BCUT2D eigenvalue weighted by Crippen LogP contribution is -2.25. The van der Waals surface area contributed by atoms with Crippen LogP contribution >= 0.6 is 0 Å². The van der Waals surface area contributed by atoms with E-state index in [2.05, 4.69) is 20.6 Å². The highest BCUT2D eigenvalue weighted by molar-refractivity contribution is 5.99. The number of carbonyl (C=O) groups excluding carboxylic acids is 1. The Morgan fingerprint density at radius 2 is 1.69 bits per heavy atom. The molecule has 0 bridgehead atoms. The van der Waals surface area contributed by atoms with Crippen molar-refractivity contribution in [2.24, 2.45) is 0 Å². The van der Waals surface area contributed by atoms with Gasteiger partial charge >= 0.3 is 6.18 Å². The number of pyridine rings is 2. The largest absolute Gasteiger partial charge is 0.416 e. The van der Waals surface area contributed by atoms with Gasteiger partial charge in [0.05, 0.1) is 16.8 Å². The molecule has 1 amide bonds. The van der Waals surface area contributed by atoms with Crippen LogP contribution in [-0.2, 0) is 19.1 Å². The topological polar surface area (TPSA) is 66.9 Å². The molecule has 2 N–H and O–H groups in total. The normalized spacial score (nSPS) is 11.2. The number of halogens is 3. The number of nitrogens with one attached hydrogen (secondary N) is 2. The number of rotatable bonds is 8. The van der Waals surface area contributed by atoms with Crippen LogP contribution in [0, 0.1) is 0 Å². The lowest BCUT2D eigenvalue weighted by atomic mass is 10.1. The van der Waals surface area contributed by atoms with Gasteiger partial charge < -0.3 is 10.6 Å². The summed E-state index contributed by atoms with van der Waals surface area (Å²) < 4.78 is 39.1. The van der Waals surface area contributed by atoms with Crippen molar-refractivity contribution in [1.82, 2.24) is 15.3 Å². The smallest absolute Gasteiger partial charge is 0.369 e. The summed E-state index contributed by atoms with van der Waals surface area (Å²) in [6.07, 6.45) is -0.734. The second kappa shape index (κ2) is 10.8. The molecule has 4 rings (SSSR count). The van der Waals surface area contributed by atoms with E-state index in [1.54, 1.807) is 36.7 Å². The lowest BCUT2D eigenvalue weighted by molar-refractivity contribution is -0.137. The maximum Gasteiger partial charge on any atom is 0.416 e. The fraction of sp³-hybridized carbons (Fsp3) is 0.148. The van der Waals surface area contributed by atoms with E-state index >= 15 is 0 Å². The first-order valence-electron chi connectivity index (χ1n) is 11.0. The van der Waals surface area contributed by atoms with E-state index in [-0.39, 0.29) is 5.91 Å². The zero-order chi connectivity index (χ0) is 24.7. The van der Waals surface area contributed by atoms with Crippen molar-refractivity contribution in [3.05, 3.63) is 114 Å². The predicted octanol–water partition coefficient (Wildman–Crippen LogP) is 5.75. The second-order valence-corrected chi connectivity index (χ2v) is 7.88. The standard InChI is InChI=1S/C27H23F3N4O/c28-27(29,30)22-10-4-6-19(16-22)13-15-32-25-23(26(35)33-18-20-7-5-14-31-17-20)11-12-24(34-25)21-8-2-1-3-9-21/h1-12,14,16-17H,13,15,18H2,(H,32,34)(H,33,35). The van der Waals surface area contributed by atoms with Crippen LogP contribution in [0.1, 0.15) is 27.0 Å². The zero-order valence-corrected chi connectivity index (χ0v) is 18.7. The first-order valence-corrected chi connectivity index (χ1v) is 11.0. The monoisotopic (exact) mass is 476 g/mol. The van der Waals surface area contributed by atoms with Crippen LogP contribution in [0.25, 0.3) is 11.3 Å². The molecular weight excluding hydrogens is 453 g/mol. The Morgan fingerprint density at radius 1 is 0.886 bits per heavy atom. The van der Waals surface area contributed by atoms with Crippen molar-refractivity contribution >= 4 is 11.7 Å². The molecule has 0 radical (unpaired) electrons. The molecule has 0 aliphatic carbocycles. The van der Waals surface area contributed by atoms with E-state index in [0.29, 0.717) is 42.1 Å². The molecule has 0 atom stereocenters. The minimum atomic E-state index is -4.39. The summed E-state index contributed by atoms with van der Waals surface area (Å²) in [5, 5.41) is 6.01. The van der Waals surface area contributed by atoms with E-state index in [4.69, 9.17) is 0 Å². The molecule has 0 saturated heterocycles. The fourth-order valence-corrected chi connectivity index (χ4v) is 3.56. The van der Waals surface area contributed by atoms with Gasteiger partial charge in [-0.05, 0) is 41.8 Å². The van der Waals surface area contributed by atoms with Crippen LogP contribution in [0.5, 0.6) is 0 Å². The van der Waals surface area contributed by atoms with Crippen LogP contribution in [0.2, 0.25) is 0 Å². The second-order valence-electron chi connectivity index (χ2n) is 7.88. The molecule has 0 aliphatic rings. The number of amides is 1. The van der Waals surface area contributed by atoms with E-state index < -0.39 is 11.7 Å². The predicted molar refractivity (Wildman–Crippen MR) is 129 cm³/mol. The summed E-state index contributed by atoms with van der Waals surface area (Å²) >= 11 is 0. The molecule has 0 saturated carbocycles. The van der Waals surface area contributed by atoms with Gasteiger partial charge in [0.15, 0.2) is 0 Å². The number of carbonyl (C=O) groups is 1. The number of hydrogen-bond acceptors (Lipinski definition) is 4. The van der Waals surface area contributed by atoms with Crippen molar-refractivity contribution in [3.8, 4) is 11.3 Å². The molecule has 0 fully saturated rings. The maximum absolute atomic E-state index is 13.0. The molecule has 2 heterocycles. The molecule has 35 heavy (non-hydrogen) atoms. The molecule has 8 heteroatoms. The molecule has 0 spiro atoms. The number of anilines is 1. The fourth-order valence-electron chi connectivity index (χ4n) is 3.56. The molecule has 5 nitrogen and oxygen atoms in total. The summed E-state index contributed by atoms with van der Waals surface area (Å²) in [6, 6.07) is 21.9. The third-order valence-corrected chi connectivity index (χ3v) is 5.35. The highest BCUT2D eigenvalue weighted by Crippen LogP contribution is 2.29. The van der Waals surface area contributed by atoms with Gasteiger partial charge in [-0.3, -0.25) is 9.78 Å². The van der Waals surface area contributed by atoms with Crippen LogP contribution in [0.3, 0.4) is 0 Å². The molecule has 178 valence electrons.